The molecule has 0 aliphatic carbocycles. The van der Waals surface area contributed by atoms with Gasteiger partial charge in [-0.2, -0.15) is 0 Å². The van der Waals surface area contributed by atoms with E-state index >= 15 is 0 Å². The molecule has 0 bridgehead atoms. The van der Waals surface area contributed by atoms with Crippen LogP contribution >= 0.6 is 0 Å². The van der Waals surface area contributed by atoms with E-state index in [4.69, 9.17) is 9.47 Å². The van der Waals surface area contributed by atoms with E-state index in [0.29, 0.717) is 25.3 Å². The van der Waals surface area contributed by atoms with Crippen molar-refractivity contribution < 1.29 is 14.3 Å². The van der Waals surface area contributed by atoms with Crippen LogP contribution in [0.25, 0.3) is 5.70 Å². The highest BCUT2D eigenvalue weighted by Crippen LogP contribution is 2.14. The monoisotopic (exact) mass is 292 g/mol. The lowest BCUT2D eigenvalue weighted by molar-refractivity contribution is 0.0636. The molecule has 0 radical (unpaired) electrons. The average molecular weight is 292 g/mol. The molecule has 1 aliphatic heterocycles. The Bertz CT molecular complexity index is 611. The van der Waals surface area contributed by atoms with Crippen molar-refractivity contribution in [1.82, 2.24) is 4.57 Å². The number of carbonyl (C=O) groups is 1. The van der Waals surface area contributed by atoms with Crippen molar-refractivity contribution in [2.75, 3.05) is 18.5 Å². The molecule has 114 valence electrons. The molecule has 0 unspecified atom stereocenters. The van der Waals surface area contributed by atoms with Crippen LogP contribution in [0.15, 0.2) is 29.2 Å². The summed E-state index contributed by atoms with van der Waals surface area (Å²) in [5.41, 5.74) is 0.552. The van der Waals surface area contributed by atoms with Crippen molar-refractivity contribution in [3.63, 3.8) is 0 Å². The number of aromatic nitrogens is 1. The lowest BCUT2D eigenvalue weighted by atomic mass is 10.2. The summed E-state index contributed by atoms with van der Waals surface area (Å²) in [6, 6.07) is 3.04. The van der Waals surface area contributed by atoms with Crippen LogP contribution in [0.5, 0.6) is 0 Å². The second-order valence-electron chi connectivity index (χ2n) is 5.77. The molecular formula is C15H20N2O4. The number of hydrogen-bond donors (Lipinski definition) is 1. The number of carbonyl (C=O) groups excluding carboxylic acids is 1. The summed E-state index contributed by atoms with van der Waals surface area (Å²) in [7, 11) is 0. The highest BCUT2D eigenvalue weighted by Gasteiger charge is 2.16. The van der Waals surface area contributed by atoms with Crippen LogP contribution in [0, 0.1) is 0 Å². The zero-order valence-corrected chi connectivity index (χ0v) is 12.5. The minimum Gasteiger partial charge on any atom is -0.444 e. The molecule has 0 aromatic carbocycles. The Morgan fingerprint density at radius 2 is 2.19 bits per heavy atom. The van der Waals surface area contributed by atoms with Gasteiger partial charge in [0, 0.05) is 24.4 Å². The summed E-state index contributed by atoms with van der Waals surface area (Å²) in [5, 5.41) is 2.55. The molecule has 1 aromatic heterocycles. The van der Waals surface area contributed by atoms with Gasteiger partial charge in [-0.1, -0.05) is 0 Å². The van der Waals surface area contributed by atoms with Crippen molar-refractivity contribution in [2.45, 2.75) is 32.8 Å². The molecule has 6 heteroatoms. The van der Waals surface area contributed by atoms with Gasteiger partial charge in [-0.3, -0.25) is 14.7 Å². The predicted octanol–water partition coefficient (Wildman–Crippen LogP) is 2.46. The summed E-state index contributed by atoms with van der Waals surface area (Å²) in [6.45, 7) is 6.46. The normalized spacial score (nSPS) is 15.3. The van der Waals surface area contributed by atoms with Gasteiger partial charge >= 0.3 is 6.09 Å². The van der Waals surface area contributed by atoms with E-state index < -0.39 is 11.7 Å². The van der Waals surface area contributed by atoms with E-state index in [9.17, 15) is 9.59 Å². The second kappa shape index (κ2) is 6.13. The lowest BCUT2D eigenvalue weighted by Crippen LogP contribution is -2.28. The Morgan fingerprint density at radius 3 is 2.76 bits per heavy atom. The number of pyridine rings is 1. The van der Waals surface area contributed by atoms with Gasteiger partial charge < -0.3 is 9.47 Å². The quantitative estimate of drug-likeness (QED) is 0.909. The Hall–Kier alpha value is -2.08. The highest BCUT2D eigenvalue weighted by atomic mass is 16.6. The topological polar surface area (TPSA) is 69.6 Å². The van der Waals surface area contributed by atoms with Crippen LogP contribution in [-0.2, 0) is 9.47 Å². The number of hydrogen-bond acceptors (Lipinski definition) is 4. The molecule has 2 rings (SSSR count). The SMILES string of the molecule is CC(C)(C)OC(=O)Nc1ccn(C2=CCOCC2)c(=O)c1. The van der Waals surface area contributed by atoms with E-state index in [-0.39, 0.29) is 5.56 Å². The Labute approximate surface area is 123 Å². The fourth-order valence-corrected chi connectivity index (χ4v) is 1.95. The molecule has 0 saturated heterocycles. The fourth-order valence-electron chi connectivity index (χ4n) is 1.95. The van der Waals surface area contributed by atoms with Gasteiger partial charge in [0.25, 0.3) is 5.56 Å². The largest absolute Gasteiger partial charge is 0.444 e. The third-order valence-corrected chi connectivity index (χ3v) is 2.81. The maximum absolute atomic E-state index is 12.1. The number of nitrogens with one attached hydrogen (secondary N) is 1. The Balaban J connectivity index is 2.11. The van der Waals surface area contributed by atoms with E-state index in [1.54, 1.807) is 37.6 Å². The van der Waals surface area contributed by atoms with Crippen molar-refractivity contribution in [2.24, 2.45) is 0 Å². The van der Waals surface area contributed by atoms with Gasteiger partial charge in [0.1, 0.15) is 5.60 Å². The predicted molar refractivity (Wildman–Crippen MR) is 80.3 cm³/mol. The molecule has 0 saturated carbocycles. The molecule has 21 heavy (non-hydrogen) atoms. The van der Waals surface area contributed by atoms with Gasteiger partial charge in [-0.25, -0.2) is 4.79 Å². The van der Waals surface area contributed by atoms with Crippen LogP contribution in [0.1, 0.15) is 27.2 Å². The average Bonchev–Trinajstić information content (AvgIpc) is 2.37. The van der Waals surface area contributed by atoms with E-state index in [1.807, 2.05) is 6.08 Å². The van der Waals surface area contributed by atoms with E-state index in [1.165, 1.54) is 6.07 Å². The second-order valence-corrected chi connectivity index (χ2v) is 5.77. The molecule has 0 spiro atoms. The first-order valence-corrected chi connectivity index (χ1v) is 6.85. The van der Waals surface area contributed by atoms with Crippen molar-refractivity contribution in [3.05, 3.63) is 34.8 Å². The number of amides is 1. The first-order valence-electron chi connectivity index (χ1n) is 6.85. The molecule has 2 heterocycles. The molecule has 1 aliphatic rings. The third kappa shape index (κ3) is 4.46. The van der Waals surface area contributed by atoms with E-state index in [0.717, 1.165) is 5.70 Å². The maximum atomic E-state index is 12.1. The van der Waals surface area contributed by atoms with Crippen LogP contribution in [0.3, 0.4) is 0 Å². The number of nitrogens with zero attached hydrogens (tertiary/aromatic N) is 1. The molecular weight excluding hydrogens is 272 g/mol. The van der Waals surface area contributed by atoms with E-state index in [2.05, 4.69) is 5.32 Å². The molecule has 0 atom stereocenters. The molecule has 1 N–H and O–H groups in total. The van der Waals surface area contributed by atoms with Crippen molar-refractivity contribution in [1.29, 1.82) is 0 Å². The molecule has 6 nitrogen and oxygen atoms in total. The highest BCUT2D eigenvalue weighted by molar-refractivity contribution is 5.84. The van der Waals surface area contributed by atoms with Gasteiger partial charge in [0.15, 0.2) is 0 Å². The molecule has 0 fully saturated rings. The fraction of sp³-hybridized carbons (Fsp3) is 0.467. The van der Waals surface area contributed by atoms with Crippen LogP contribution < -0.4 is 10.9 Å². The Kier molecular flexibility index (Phi) is 4.47. The van der Waals surface area contributed by atoms with Crippen molar-refractivity contribution >= 4 is 17.5 Å². The van der Waals surface area contributed by atoms with Gasteiger partial charge in [-0.05, 0) is 32.9 Å². The standard InChI is InChI=1S/C15H20N2O4/c1-15(2,3)21-14(19)16-11-4-7-17(13(18)10-11)12-5-8-20-9-6-12/h4-5,7,10H,6,8-9H2,1-3H3,(H,16,19). The van der Waals surface area contributed by atoms with Gasteiger partial charge in [0.05, 0.1) is 18.9 Å². The van der Waals surface area contributed by atoms with Gasteiger partial charge in [0.2, 0.25) is 0 Å². The summed E-state index contributed by atoms with van der Waals surface area (Å²) in [4.78, 5) is 23.8. The minimum absolute atomic E-state index is 0.197. The summed E-state index contributed by atoms with van der Waals surface area (Å²) in [6.07, 6.45) is 3.64. The number of rotatable bonds is 2. The minimum atomic E-state index is -0.579. The van der Waals surface area contributed by atoms with Crippen molar-refractivity contribution in [3.8, 4) is 0 Å². The molecule has 1 aromatic rings. The first-order chi connectivity index (χ1) is 9.85. The Morgan fingerprint density at radius 1 is 1.43 bits per heavy atom. The van der Waals surface area contributed by atoms with Crippen LogP contribution in [0.4, 0.5) is 10.5 Å². The zero-order chi connectivity index (χ0) is 15.5. The lowest BCUT2D eigenvalue weighted by Gasteiger charge is -2.20. The van der Waals surface area contributed by atoms with Gasteiger partial charge in [-0.15, -0.1) is 0 Å². The first kappa shape index (κ1) is 15.3. The summed E-state index contributed by atoms with van der Waals surface area (Å²) < 4.78 is 11.9. The number of ether oxygens (including phenoxy) is 2. The van der Waals surface area contributed by atoms with Crippen LogP contribution in [-0.4, -0.2) is 29.5 Å². The zero-order valence-electron chi connectivity index (χ0n) is 12.5. The smallest absolute Gasteiger partial charge is 0.412 e. The summed E-state index contributed by atoms with van der Waals surface area (Å²) in [5.74, 6) is 0. The summed E-state index contributed by atoms with van der Waals surface area (Å²) >= 11 is 0. The van der Waals surface area contributed by atoms with Crippen LogP contribution in [0.2, 0.25) is 0 Å². The molecule has 1 amide bonds. The number of anilines is 1. The maximum Gasteiger partial charge on any atom is 0.412 e. The third-order valence-electron chi connectivity index (χ3n) is 2.81.